The molecule has 5 nitrogen and oxygen atoms in total. The number of hydrogen-bond donors (Lipinski definition) is 0. The molecule has 0 saturated carbocycles. The zero-order chi connectivity index (χ0) is 14.8. The number of nitrogens with zero attached hydrogens (tertiary/aromatic N) is 4. The van der Waals surface area contributed by atoms with Crippen LogP contribution in [0.3, 0.4) is 0 Å². The maximum atomic E-state index is 13.2. The molecule has 3 rings (SSSR count). The average Bonchev–Trinajstić information content (AvgIpc) is 2.85. The van der Waals surface area contributed by atoms with Gasteiger partial charge in [0.1, 0.15) is 22.9 Å². The van der Waals surface area contributed by atoms with Crippen molar-refractivity contribution in [1.82, 2.24) is 19.2 Å². The number of hydrogen-bond acceptors (Lipinski definition) is 5. The fourth-order valence-electron chi connectivity index (χ4n) is 2.05. The molecule has 0 radical (unpaired) electrons. The minimum Gasteiger partial charge on any atom is -0.494 e. The lowest BCUT2D eigenvalue weighted by Crippen LogP contribution is -1.93. The summed E-state index contributed by atoms with van der Waals surface area (Å²) >= 11 is 5.89. The summed E-state index contributed by atoms with van der Waals surface area (Å²) in [6.45, 7) is 2.45. The fraction of sp³-hybridized carbons (Fsp3) is 0.154. The highest BCUT2D eigenvalue weighted by Gasteiger charge is 2.16. The maximum Gasteiger partial charge on any atom is 0.188 e. The molecule has 2 aromatic heterocycles. The molecule has 0 N–H and O–H groups in total. The first-order chi connectivity index (χ1) is 10.2. The summed E-state index contributed by atoms with van der Waals surface area (Å²) in [4.78, 5) is 7.97. The lowest BCUT2D eigenvalue weighted by atomic mass is 10.1. The summed E-state index contributed by atoms with van der Waals surface area (Å²) in [5.74, 6) is 0.690. The third-order valence-corrected chi connectivity index (χ3v) is 3.47. The first kappa shape index (κ1) is 14.1. The van der Waals surface area contributed by atoms with E-state index in [1.165, 1.54) is 10.4 Å². The molecule has 3 aromatic rings. The third kappa shape index (κ3) is 2.66. The van der Waals surface area contributed by atoms with Crippen LogP contribution in [-0.2, 0) is 0 Å². The van der Waals surface area contributed by atoms with Gasteiger partial charge in [0, 0.05) is 11.5 Å². The van der Waals surface area contributed by atoms with Gasteiger partial charge in [-0.25, -0.2) is 9.97 Å². The van der Waals surface area contributed by atoms with Crippen LogP contribution in [0, 0.1) is 0 Å². The Bertz CT molecular complexity index is 795. The summed E-state index contributed by atoms with van der Waals surface area (Å²) in [7, 11) is 0. The van der Waals surface area contributed by atoms with Gasteiger partial charge in [-0.15, -0.1) is 3.89 Å². The molecule has 0 atom stereocenters. The van der Waals surface area contributed by atoms with E-state index in [1.54, 1.807) is 18.2 Å². The Morgan fingerprint density at radius 2 is 2.19 bits per heavy atom. The zero-order valence-electron chi connectivity index (χ0n) is 11.0. The van der Waals surface area contributed by atoms with E-state index in [0.717, 1.165) is 5.39 Å². The van der Waals surface area contributed by atoms with E-state index in [2.05, 4.69) is 15.1 Å². The van der Waals surface area contributed by atoms with Crippen molar-refractivity contribution in [3.05, 3.63) is 35.7 Å². The first-order valence-corrected chi connectivity index (χ1v) is 7.20. The minimum atomic E-state index is 0.00231. The number of halogens is 2. The predicted octanol–water partition coefficient (Wildman–Crippen LogP) is 3.93. The summed E-state index contributed by atoms with van der Waals surface area (Å²) in [6.07, 6.45) is 1.33. The van der Waals surface area contributed by atoms with Crippen LogP contribution in [0.25, 0.3) is 22.3 Å². The molecule has 0 bridgehead atoms. The highest BCUT2D eigenvalue weighted by atomic mass is 35.5. The fourth-order valence-corrected chi connectivity index (χ4v) is 2.58. The second-order valence-corrected chi connectivity index (χ2v) is 5.00. The lowest BCUT2D eigenvalue weighted by molar-refractivity contribution is 0.341. The average molecular weight is 325 g/mol. The smallest absolute Gasteiger partial charge is 0.188 e. The van der Waals surface area contributed by atoms with E-state index in [1.807, 2.05) is 13.0 Å². The standard InChI is InChI=1S/C13H10ClFN4OS/c1-2-20-8-3-4-10-9(5-8)13(19(18-10)21-15)11-6-12(14)17-7-16-11/h3-7H,2H2,1H3. The van der Waals surface area contributed by atoms with Gasteiger partial charge < -0.3 is 4.74 Å². The second-order valence-electron chi connectivity index (χ2n) is 4.13. The van der Waals surface area contributed by atoms with E-state index in [9.17, 15) is 3.89 Å². The monoisotopic (exact) mass is 324 g/mol. The van der Waals surface area contributed by atoms with Crippen molar-refractivity contribution >= 4 is 34.8 Å². The van der Waals surface area contributed by atoms with Crippen molar-refractivity contribution in [3.63, 3.8) is 0 Å². The van der Waals surface area contributed by atoms with Crippen LogP contribution in [0.5, 0.6) is 5.75 Å². The van der Waals surface area contributed by atoms with Crippen molar-refractivity contribution in [1.29, 1.82) is 0 Å². The molecular weight excluding hydrogens is 315 g/mol. The maximum absolute atomic E-state index is 13.2. The van der Waals surface area contributed by atoms with Crippen LogP contribution >= 0.6 is 23.9 Å². The van der Waals surface area contributed by atoms with Crippen LogP contribution in [0.15, 0.2) is 30.6 Å². The topological polar surface area (TPSA) is 52.8 Å². The molecule has 0 unspecified atom stereocenters. The number of fused-ring (bicyclic) bond motifs is 1. The highest BCUT2D eigenvalue weighted by Crippen LogP contribution is 2.33. The minimum absolute atomic E-state index is 0.00231. The number of aromatic nitrogens is 4. The predicted molar refractivity (Wildman–Crippen MR) is 81.0 cm³/mol. The largest absolute Gasteiger partial charge is 0.494 e. The van der Waals surface area contributed by atoms with Crippen molar-refractivity contribution < 1.29 is 8.62 Å². The van der Waals surface area contributed by atoms with Gasteiger partial charge in [-0.1, -0.05) is 11.6 Å². The molecule has 2 heterocycles. The Kier molecular flexibility index (Phi) is 3.94. The van der Waals surface area contributed by atoms with Gasteiger partial charge in [0.05, 0.1) is 17.8 Å². The van der Waals surface area contributed by atoms with Crippen LogP contribution in [0.4, 0.5) is 3.89 Å². The molecule has 21 heavy (non-hydrogen) atoms. The molecule has 0 saturated heterocycles. The van der Waals surface area contributed by atoms with Crippen molar-refractivity contribution in [3.8, 4) is 17.1 Å². The number of benzene rings is 1. The molecule has 1 aromatic carbocycles. The molecule has 8 heteroatoms. The highest BCUT2D eigenvalue weighted by molar-refractivity contribution is 7.92. The molecule has 0 aliphatic rings. The normalized spacial score (nSPS) is 11.0. The van der Waals surface area contributed by atoms with Crippen molar-refractivity contribution in [2.45, 2.75) is 6.92 Å². The van der Waals surface area contributed by atoms with E-state index >= 15 is 0 Å². The van der Waals surface area contributed by atoms with Gasteiger partial charge in [0.25, 0.3) is 0 Å². The van der Waals surface area contributed by atoms with Gasteiger partial charge in [-0.3, -0.25) is 0 Å². The molecule has 108 valence electrons. The number of ether oxygens (including phenoxy) is 1. The summed E-state index contributed by atoms with van der Waals surface area (Å²) < 4.78 is 19.8. The summed E-state index contributed by atoms with van der Waals surface area (Å²) in [5.41, 5.74) is 1.66. The van der Waals surface area contributed by atoms with Gasteiger partial charge in [-0.2, -0.15) is 9.19 Å². The Balaban J connectivity index is 2.25. The van der Waals surface area contributed by atoms with Crippen LogP contribution < -0.4 is 4.74 Å². The molecule has 0 spiro atoms. The van der Waals surface area contributed by atoms with Crippen LogP contribution in [-0.4, -0.2) is 25.8 Å². The number of rotatable bonds is 4. The van der Waals surface area contributed by atoms with Crippen molar-refractivity contribution in [2.75, 3.05) is 6.61 Å². The quantitative estimate of drug-likeness (QED) is 0.681. The SMILES string of the molecule is CCOc1ccc2nn(SF)c(-c3cc(Cl)ncn3)c2c1. The van der Waals surface area contributed by atoms with Gasteiger partial charge in [0.15, 0.2) is 12.3 Å². The lowest BCUT2D eigenvalue weighted by Gasteiger charge is -2.04. The van der Waals surface area contributed by atoms with E-state index in [4.69, 9.17) is 16.3 Å². The summed E-state index contributed by atoms with van der Waals surface area (Å²) in [6, 6.07) is 6.95. The molecular formula is C13H10ClFN4OS. The Morgan fingerprint density at radius 3 is 2.90 bits per heavy atom. The van der Waals surface area contributed by atoms with Gasteiger partial charge in [-0.05, 0) is 25.1 Å². The third-order valence-electron chi connectivity index (χ3n) is 2.87. The second kappa shape index (κ2) is 5.87. The Morgan fingerprint density at radius 1 is 1.33 bits per heavy atom. The van der Waals surface area contributed by atoms with E-state index < -0.39 is 0 Å². The summed E-state index contributed by atoms with van der Waals surface area (Å²) in [5, 5.41) is 5.20. The molecule has 0 amide bonds. The van der Waals surface area contributed by atoms with Crippen LogP contribution in [0.1, 0.15) is 6.92 Å². The Hall–Kier alpha value is -1.86. The molecule has 0 fully saturated rings. The zero-order valence-corrected chi connectivity index (χ0v) is 12.5. The van der Waals surface area contributed by atoms with Crippen molar-refractivity contribution in [2.24, 2.45) is 0 Å². The van der Waals surface area contributed by atoms with E-state index in [0.29, 0.717) is 29.3 Å². The Labute approximate surface area is 129 Å². The molecule has 0 aliphatic carbocycles. The van der Waals surface area contributed by atoms with E-state index in [-0.39, 0.29) is 17.5 Å². The van der Waals surface area contributed by atoms with Gasteiger partial charge in [0.2, 0.25) is 0 Å². The van der Waals surface area contributed by atoms with Gasteiger partial charge >= 0.3 is 0 Å². The first-order valence-electron chi connectivity index (χ1n) is 6.15. The van der Waals surface area contributed by atoms with Crippen LogP contribution in [0.2, 0.25) is 5.15 Å². The molecule has 0 aliphatic heterocycles.